The molecule has 3 nitrogen and oxygen atoms in total. The highest BCUT2D eigenvalue weighted by Gasteiger charge is 2.05. The number of benzene rings is 1. The minimum absolute atomic E-state index is 0.318. The third kappa shape index (κ3) is 1.83. The van der Waals surface area contributed by atoms with Crippen LogP contribution >= 0.6 is 0 Å². The molecule has 0 radical (unpaired) electrons. The van der Waals surface area contributed by atoms with Gasteiger partial charge in [0.2, 0.25) is 0 Å². The fraction of sp³-hybridized carbons (Fsp3) is 0.333. The van der Waals surface area contributed by atoms with E-state index in [2.05, 4.69) is 22.9 Å². The number of aromatic nitrogens is 1. The van der Waals surface area contributed by atoms with Gasteiger partial charge in [-0.25, -0.2) is 0 Å². The summed E-state index contributed by atoms with van der Waals surface area (Å²) in [5.41, 5.74) is 2.31. The molecular weight excluding hydrogens is 188 g/mol. The van der Waals surface area contributed by atoms with Crippen molar-refractivity contribution in [2.75, 3.05) is 6.54 Å². The monoisotopic (exact) mass is 204 g/mol. The van der Waals surface area contributed by atoms with Gasteiger partial charge in [-0.1, -0.05) is 6.92 Å². The predicted molar refractivity (Wildman–Crippen MR) is 62.0 cm³/mol. The molecule has 0 spiro atoms. The lowest BCUT2D eigenvalue weighted by molar-refractivity contribution is 0.476. The van der Waals surface area contributed by atoms with Crippen LogP contribution in [-0.4, -0.2) is 16.2 Å². The third-order valence-corrected chi connectivity index (χ3v) is 2.68. The van der Waals surface area contributed by atoms with E-state index in [0.29, 0.717) is 5.75 Å². The Morgan fingerprint density at radius 2 is 2.13 bits per heavy atom. The number of fused-ring (bicyclic) bond motifs is 1. The SMILES string of the molecule is CCNCc1cc2ccc(O)cc2n1C. The van der Waals surface area contributed by atoms with Gasteiger partial charge in [0.05, 0.1) is 5.52 Å². The van der Waals surface area contributed by atoms with E-state index in [1.807, 2.05) is 13.1 Å². The molecule has 0 aliphatic carbocycles. The number of hydrogen-bond donors (Lipinski definition) is 2. The van der Waals surface area contributed by atoms with Crippen molar-refractivity contribution in [3.05, 3.63) is 30.0 Å². The first-order valence-electron chi connectivity index (χ1n) is 5.20. The second-order valence-electron chi connectivity index (χ2n) is 3.72. The molecular formula is C12H16N2O. The number of nitrogens with one attached hydrogen (secondary N) is 1. The van der Waals surface area contributed by atoms with Gasteiger partial charge in [-0.15, -0.1) is 0 Å². The van der Waals surface area contributed by atoms with E-state index >= 15 is 0 Å². The number of phenols is 1. The van der Waals surface area contributed by atoms with E-state index in [9.17, 15) is 5.11 Å². The van der Waals surface area contributed by atoms with Crippen LogP contribution in [-0.2, 0) is 13.6 Å². The highest BCUT2D eigenvalue weighted by Crippen LogP contribution is 2.22. The first kappa shape index (κ1) is 10.1. The highest BCUT2D eigenvalue weighted by atomic mass is 16.3. The Kier molecular flexibility index (Phi) is 2.64. The molecule has 0 bridgehead atoms. The maximum atomic E-state index is 9.41. The van der Waals surface area contributed by atoms with Gasteiger partial charge in [-0.2, -0.15) is 0 Å². The fourth-order valence-electron chi connectivity index (χ4n) is 1.80. The van der Waals surface area contributed by atoms with Gasteiger partial charge >= 0.3 is 0 Å². The highest BCUT2D eigenvalue weighted by molar-refractivity contribution is 5.82. The predicted octanol–water partition coefficient (Wildman–Crippen LogP) is 1.99. The van der Waals surface area contributed by atoms with Crippen LogP contribution in [0.4, 0.5) is 0 Å². The van der Waals surface area contributed by atoms with Gasteiger partial charge in [-0.3, -0.25) is 0 Å². The second-order valence-corrected chi connectivity index (χ2v) is 3.72. The van der Waals surface area contributed by atoms with Crippen molar-refractivity contribution < 1.29 is 5.11 Å². The maximum absolute atomic E-state index is 9.41. The maximum Gasteiger partial charge on any atom is 0.117 e. The molecule has 3 heteroatoms. The molecule has 15 heavy (non-hydrogen) atoms. The van der Waals surface area contributed by atoms with Crippen molar-refractivity contribution in [3.63, 3.8) is 0 Å². The molecule has 0 amide bonds. The molecule has 2 aromatic rings. The van der Waals surface area contributed by atoms with Crippen molar-refractivity contribution >= 4 is 10.9 Å². The summed E-state index contributed by atoms with van der Waals surface area (Å²) in [6.07, 6.45) is 0. The summed E-state index contributed by atoms with van der Waals surface area (Å²) < 4.78 is 2.11. The number of aromatic hydroxyl groups is 1. The van der Waals surface area contributed by atoms with E-state index in [4.69, 9.17) is 0 Å². The lowest BCUT2D eigenvalue weighted by atomic mass is 10.2. The standard InChI is InChI=1S/C12H16N2O/c1-3-13-8-10-6-9-4-5-11(15)7-12(9)14(10)2/h4-7,13,15H,3,8H2,1-2H3. The Morgan fingerprint density at radius 1 is 1.33 bits per heavy atom. The fourth-order valence-corrected chi connectivity index (χ4v) is 1.80. The summed E-state index contributed by atoms with van der Waals surface area (Å²) in [5.74, 6) is 0.318. The molecule has 0 unspecified atom stereocenters. The average Bonchev–Trinajstić information content (AvgIpc) is 2.53. The summed E-state index contributed by atoms with van der Waals surface area (Å²) >= 11 is 0. The number of nitrogens with zero attached hydrogens (tertiary/aromatic N) is 1. The largest absolute Gasteiger partial charge is 0.508 e. The van der Waals surface area contributed by atoms with Crippen molar-refractivity contribution in [1.82, 2.24) is 9.88 Å². The van der Waals surface area contributed by atoms with Gasteiger partial charge in [0.1, 0.15) is 5.75 Å². The van der Waals surface area contributed by atoms with Crippen LogP contribution in [0.25, 0.3) is 10.9 Å². The molecule has 0 aliphatic rings. The Hall–Kier alpha value is -1.48. The zero-order valence-electron chi connectivity index (χ0n) is 9.12. The Balaban J connectivity index is 2.45. The Bertz CT molecular complexity index is 474. The minimum Gasteiger partial charge on any atom is -0.508 e. The Morgan fingerprint density at radius 3 is 2.87 bits per heavy atom. The number of hydrogen-bond acceptors (Lipinski definition) is 2. The zero-order valence-corrected chi connectivity index (χ0v) is 9.12. The summed E-state index contributed by atoms with van der Waals surface area (Å²) in [4.78, 5) is 0. The van der Waals surface area contributed by atoms with Gasteiger partial charge in [-0.05, 0) is 24.7 Å². The van der Waals surface area contributed by atoms with Crippen molar-refractivity contribution in [2.45, 2.75) is 13.5 Å². The molecule has 1 aromatic carbocycles. The zero-order chi connectivity index (χ0) is 10.8. The van der Waals surface area contributed by atoms with Crippen LogP contribution in [0.1, 0.15) is 12.6 Å². The second kappa shape index (κ2) is 3.95. The van der Waals surface area contributed by atoms with Crippen LogP contribution in [0.3, 0.4) is 0 Å². The Labute approximate surface area is 89.3 Å². The van der Waals surface area contributed by atoms with E-state index < -0.39 is 0 Å². The van der Waals surface area contributed by atoms with Crippen molar-refractivity contribution in [1.29, 1.82) is 0 Å². The van der Waals surface area contributed by atoms with Crippen LogP contribution in [0.2, 0.25) is 0 Å². The smallest absolute Gasteiger partial charge is 0.117 e. The quantitative estimate of drug-likeness (QED) is 0.802. The third-order valence-electron chi connectivity index (χ3n) is 2.68. The van der Waals surface area contributed by atoms with Gasteiger partial charge in [0, 0.05) is 30.7 Å². The molecule has 1 heterocycles. The van der Waals surface area contributed by atoms with Crippen LogP contribution in [0, 0.1) is 0 Å². The molecule has 0 saturated carbocycles. The topological polar surface area (TPSA) is 37.2 Å². The average molecular weight is 204 g/mol. The van der Waals surface area contributed by atoms with E-state index in [0.717, 1.165) is 18.6 Å². The lowest BCUT2D eigenvalue weighted by Gasteiger charge is -2.04. The lowest BCUT2D eigenvalue weighted by Crippen LogP contribution is -2.14. The van der Waals surface area contributed by atoms with E-state index in [1.54, 1.807) is 12.1 Å². The van der Waals surface area contributed by atoms with Gasteiger partial charge < -0.3 is 15.0 Å². The van der Waals surface area contributed by atoms with Crippen LogP contribution in [0.15, 0.2) is 24.3 Å². The van der Waals surface area contributed by atoms with Crippen LogP contribution in [0.5, 0.6) is 5.75 Å². The summed E-state index contributed by atoms with van der Waals surface area (Å²) in [7, 11) is 2.02. The molecule has 80 valence electrons. The number of rotatable bonds is 3. The molecule has 2 N–H and O–H groups in total. The number of aryl methyl sites for hydroxylation is 1. The summed E-state index contributed by atoms with van der Waals surface area (Å²) in [6, 6.07) is 7.61. The van der Waals surface area contributed by atoms with Crippen molar-refractivity contribution in [3.8, 4) is 5.75 Å². The van der Waals surface area contributed by atoms with E-state index in [1.165, 1.54) is 11.1 Å². The molecule has 0 atom stereocenters. The molecule has 1 aromatic heterocycles. The molecule has 0 fully saturated rings. The number of phenolic OH excluding ortho intramolecular Hbond substituents is 1. The first-order chi connectivity index (χ1) is 7.22. The molecule has 2 rings (SSSR count). The molecule has 0 saturated heterocycles. The van der Waals surface area contributed by atoms with Gasteiger partial charge in [0.25, 0.3) is 0 Å². The van der Waals surface area contributed by atoms with Crippen molar-refractivity contribution in [2.24, 2.45) is 7.05 Å². The first-order valence-corrected chi connectivity index (χ1v) is 5.20. The summed E-state index contributed by atoms with van der Waals surface area (Å²) in [5, 5.41) is 13.9. The minimum atomic E-state index is 0.318. The van der Waals surface area contributed by atoms with E-state index in [-0.39, 0.29) is 0 Å². The summed E-state index contributed by atoms with van der Waals surface area (Å²) in [6.45, 7) is 3.92. The molecule has 0 aliphatic heterocycles. The van der Waals surface area contributed by atoms with Gasteiger partial charge in [0.15, 0.2) is 0 Å². The normalized spacial score (nSPS) is 11.1. The van der Waals surface area contributed by atoms with Crippen LogP contribution < -0.4 is 5.32 Å².